The monoisotopic (exact) mass is 301 g/mol. The molecule has 110 valence electrons. The van der Waals surface area contributed by atoms with Crippen molar-refractivity contribution in [1.82, 2.24) is 5.32 Å². The molecule has 0 aliphatic carbocycles. The van der Waals surface area contributed by atoms with Gasteiger partial charge in [-0.15, -0.1) is 0 Å². The lowest BCUT2D eigenvalue weighted by molar-refractivity contribution is 0.357. The third-order valence-corrected chi connectivity index (χ3v) is 4.07. The standard InChI is InChI=1S/C18H20ClNO/c1-13(9-14-3-2-4-17(19)11-14)20-12-15-5-6-18-16(10-15)7-8-21-18/h2-6,10-11,13,20H,7-9,12H2,1H3. The van der Waals surface area contributed by atoms with Gasteiger partial charge in [0, 0.05) is 24.0 Å². The van der Waals surface area contributed by atoms with Crippen molar-refractivity contribution in [2.75, 3.05) is 6.61 Å². The van der Waals surface area contributed by atoms with Crippen LogP contribution in [-0.4, -0.2) is 12.6 Å². The van der Waals surface area contributed by atoms with Gasteiger partial charge in [-0.2, -0.15) is 0 Å². The van der Waals surface area contributed by atoms with Gasteiger partial charge in [0.15, 0.2) is 0 Å². The van der Waals surface area contributed by atoms with Gasteiger partial charge in [-0.1, -0.05) is 35.9 Å². The van der Waals surface area contributed by atoms with Crippen molar-refractivity contribution in [3.05, 3.63) is 64.2 Å². The Bertz CT molecular complexity index is 626. The summed E-state index contributed by atoms with van der Waals surface area (Å²) in [5, 5.41) is 4.38. The van der Waals surface area contributed by atoms with Crippen molar-refractivity contribution in [1.29, 1.82) is 0 Å². The Kier molecular flexibility index (Phi) is 4.47. The number of hydrogen-bond acceptors (Lipinski definition) is 2. The van der Waals surface area contributed by atoms with Crippen molar-refractivity contribution in [2.24, 2.45) is 0 Å². The molecule has 1 atom stereocenters. The Balaban J connectivity index is 1.55. The van der Waals surface area contributed by atoms with Gasteiger partial charge in [-0.3, -0.25) is 0 Å². The summed E-state index contributed by atoms with van der Waals surface area (Å²) in [6.45, 7) is 3.91. The Morgan fingerprint density at radius 2 is 2.10 bits per heavy atom. The highest BCUT2D eigenvalue weighted by atomic mass is 35.5. The molecule has 0 saturated carbocycles. The molecule has 0 bridgehead atoms. The van der Waals surface area contributed by atoms with E-state index in [-0.39, 0.29) is 0 Å². The lowest BCUT2D eigenvalue weighted by Gasteiger charge is -2.14. The SMILES string of the molecule is CC(Cc1cccc(Cl)c1)NCc1ccc2c(c1)CCO2. The maximum Gasteiger partial charge on any atom is 0.122 e. The predicted octanol–water partition coefficient (Wildman–Crippen LogP) is 4.00. The second kappa shape index (κ2) is 6.50. The van der Waals surface area contributed by atoms with E-state index in [0.29, 0.717) is 6.04 Å². The van der Waals surface area contributed by atoms with Crippen LogP contribution in [0.4, 0.5) is 0 Å². The first-order valence-corrected chi connectivity index (χ1v) is 7.81. The van der Waals surface area contributed by atoms with Crippen molar-refractivity contribution >= 4 is 11.6 Å². The van der Waals surface area contributed by atoms with Crippen LogP contribution < -0.4 is 10.1 Å². The zero-order valence-corrected chi connectivity index (χ0v) is 13.0. The average molecular weight is 302 g/mol. The number of fused-ring (bicyclic) bond motifs is 1. The predicted molar refractivity (Wildman–Crippen MR) is 87.1 cm³/mol. The first-order chi connectivity index (χ1) is 10.2. The molecule has 1 aliphatic heterocycles. The van der Waals surface area contributed by atoms with Crippen LogP contribution in [0.5, 0.6) is 5.75 Å². The van der Waals surface area contributed by atoms with E-state index in [1.54, 1.807) is 0 Å². The van der Waals surface area contributed by atoms with Crippen molar-refractivity contribution in [3.8, 4) is 5.75 Å². The van der Waals surface area contributed by atoms with Gasteiger partial charge >= 0.3 is 0 Å². The number of ether oxygens (including phenoxy) is 1. The van der Waals surface area contributed by atoms with Gasteiger partial charge in [-0.25, -0.2) is 0 Å². The summed E-state index contributed by atoms with van der Waals surface area (Å²) in [4.78, 5) is 0. The molecule has 1 unspecified atom stereocenters. The molecule has 0 radical (unpaired) electrons. The highest BCUT2D eigenvalue weighted by Gasteiger charge is 2.12. The zero-order chi connectivity index (χ0) is 14.7. The second-order valence-electron chi connectivity index (χ2n) is 5.66. The van der Waals surface area contributed by atoms with Crippen LogP contribution >= 0.6 is 11.6 Å². The quantitative estimate of drug-likeness (QED) is 0.901. The minimum absolute atomic E-state index is 0.410. The van der Waals surface area contributed by atoms with Gasteiger partial charge in [0.05, 0.1) is 6.61 Å². The van der Waals surface area contributed by atoms with Crippen LogP contribution in [0.3, 0.4) is 0 Å². The first kappa shape index (κ1) is 14.4. The fourth-order valence-electron chi connectivity index (χ4n) is 2.73. The topological polar surface area (TPSA) is 21.3 Å². The number of rotatable bonds is 5. The largest absolute Gasteiger partial charge is 0.493 e. The lowest BCUT2D eigenvalue weighted by Crippen LogP contribution is -2.27. The fraction of sp³-hybridized carbons (Fsp3) is 0.333. The Hall–Kier alpha value is -1.51. The number of benzene rings is 2. The number of halogens is 1. The van der Waals surface area contributed by atoms with Crippen LogP contribution in [0.2, 0.25) is 5.02 Å². The normalized spacial score (nSPS) is 14.6. The van der Waals surface area contributed by atoms with Crippen molar-refractivity contribution in [2.45, 2.75) is 32.4 Å². The molecule has 1 aliphatic rings. The molecule has 0 aromatic heterocycles. The van der Waals surface area contributed by atoms with E-state index in [9.17, 15) is 0 Å². The van der Waals surface area contributed by atoms with E-state index in [4.69, 9.17) is 16.3 Å². The third-order valence-electron chi connectivity index (χ3n) is 3.84. The maximum absolute atomic E-state index is 6.02. The van der Waals surface area contributed by atoms with Crippen LogP contribution in [0.25, 0.3) is 0 Å². The van der Waals surface area contributed by atoms with Crippen molar-refractivity contribution in [3.63, 3.8) is 0 Å². The minimum atomic E-state index is 0.410. The summed E-state index contributed by atoms with van der Waals surface area (Å²) < 4.78 is 5.54. The molecular weight excluding hydrogens is 282 g/mol. The third kappa shape index (κ3) is 3.78. The average Bonchev–Trinajstić information content (AvgIpc) is 2.92. The van der Waals surface area contributed by atoms with Crippen LogP contribution in [0.1, 0.15) is 23.6 Å². The molecule has 0 amide bonds. The molecular formula is C18H20ClNO. The summed E-state index contributed by atoms with van der Waals surface area (Å²) in [7, 11) is 0. The Morgan fingerprint density at radius 3 is 2.95 bits per heavy atom. The summed E-state index contributed by atoms with van der Waals surface area (Å²) in [6, 6.07) is 15.0. The van der Waals surface area contributed by atoms with Gasteiger partial charge < -0.3 is 10.1 Å². The van der Waals surface area contributed by atoms with Gasteiger partial charge in [0.2, 0.25) is 0 Å². The molecule has 2 aromatic carbocycles. The van der Waals surface area contributed by atoms with Gasteiger partial charge in [0.25, 0.3) is 0 Å². The first-order valence-electron chi connectivity index (χ1n) is 7.43. The smallest absolute Gasteiger partial charge is 0.122 e. The molecule has 0 fully saturated rings. The van der Waals surface area contributed by atoms with Crippen LogP contribution in [0, 0.1) is 0 Å². The van der Waals surface area contributed by atoms with Gasteiger partial charge in [0.1, 0.15) is 5.75 Å². The summed E-state index contributed by atoms with van der Waals surface area (Å²) in [6.07, 6.45) is 2.01. The van der Waals surface area contributed by atoms with Crippen LogP contribution in [-0.2, 0) is 19.4 Å². The minimum Gasteiger partial charge on any atom is -0.493 e. The van der Waals surface area contributed by atoms with E-state index >= 15 is 0 Å². The fourth-order valence-corrected chi connectivity index (χ4v) is 2.94. The summed E-state index contributed by atoms with van der Waals surface area (Å²) >= 11 is 6.02. The van der Waals surface area contributed by atoms with Gasteiger partial charge in [-0.05, 0) is 48.2 Å². The molecule has 1 heterocycles. The molecule has 1 N–H and O–H groups in total. The lowest BCUT2D eigenvalue weighted by atomic mass is 10.1. The van der Waals surface area contributed by atoms with E-state index in [0.717, 1.165) is 36.8 Å². The Labute approximate surface area is 131 Å². The molecule has 2 aromatic rings. The maximum atomic E-state index is 6.02. The highest BCUT2D eigenvalue weighted by molar-refractivity contribution is 6.30. The molecule has 3 rings (SSSR count). The van der Waals surface area contributed by atoms with E-state index in [2.05, 4.69) is 36.5 Å². The summed E-state index contributed by atoms with van der Waals surface area (Å²) in [5.74, 6) is 1.05. The number of hydrogen-bond donors (Lipinski definition) is 1. The molecule has 3 heteroatoms. The van der Waals surface area contributed by atoms with E-state index < -0.39 is 0 Å². The molecule has 2 nitrogen and oxygen atoms in total. The second-order valence-corrected chi connectivity index (χ2v) is 6.09. The zero-order valence-electron chi connectivity index (χ0n) is 12.2. The Morgan fingerprint density at radius 1 is 1.19 bits per heavy atom. The van der Waals surface area contributed by atoms with E-state index in [1.165, 1.54) is 16.7 Å². The summed E-state index contributed by atoms with van der Waals surface area (Å²) in [5.41, 5.74) is 3.92. The van der Waals surface area contributed by atoms with E-state index in [1.807, 2.05) is 18.2 Å². The molecule has 0 spiro atoms. The molecule has 0 saturated heterocycles. The highest BCUT2D eigenvalue weighted by Crippen LogP contribution is 2.25. The number of nitrogens with one attached hydrogen (secondary N) is 1. The van der Waals surface area contributed by atoms with Crippen molar-refractivity contribution < 1.29 is 4.74 Å². The van der Waals surface area contributed by atoms with Crippen LogP contribution in [0.15, 0.2) is 42.5 Å². The molecule has 21 heavy (non-hydrogen) atoms.